The van der Waals surface area contributed by atoms with Gasteiger partial charge in [0.05, 0.1) is 5.69 Å². The van der Waals surface area contributed by atoms with Crippen LogP contribution < -0.4 is 15.4 Å². The van der Waals surface area contributed by atoms with E-state index < -0.39 is 11.9 Å². The number of rotatable bonds is 6. The maximum Gasteiger partial charge on any atom is 0.356 e. The number of aromatic nitrogens is 3. The van der Waals surface area contributed by atoms with E-state index in [0.29, 0.717) is 17.1 Å². The minimum absolute atomic E-state index is 0.00239. The van der Waals surface area contributed by atoms with Crippen LogP contribution in [-0.2, 0) is 4.79 Å². The summed E-state index contributed by atoms with van der Waals surface area (Å²) in [6.45, 7) is -0.215. The van der Waals surface area contributed by atoms with E-state index in [0.717, 1.165) is 4.52 Å². The lowest BCUT2D eigenvalue weighted by Gasteiger charge is -2.06. The molecular formula is C16H15N5O4. The molecule has 0 radical (unpaired) electrons. The maximum atomic E-state index is 12.0. The number of hydrogen-bond acceptors (Lipinski definition) is 6. The quantitative estimate of drug-likeness (QED) is 0.621. The molecule has 1 amide bonds. The fourth-order valence-electron chi connectivity index (χ4n) is 2.23. The minimum Gasteiger partial charge on any atom is -0.484 e. The highest BCUT2D eigenvalue weighted by molar-refractivity contribution is 5.93. The Balaban J connectivity index is 1.76. The van der Waals surface area contributed by atoms with Crippen molar-refractivity contribution in [1.82, 2.24) is 14.6 Å². The van der Waals surface area contributed by atoms with Crippen LogP contribution >= 0.6 is 0 Å². The highest BCUT2D eigenvalue weighted by Crippen LogP contribution is 2.18. The third-order valence-corrected chi connectivity index (χ3v) is 3.33. The second kappa shape index (κ2) is 6.87. The lowest BCUT2D eigenvalue weighted by atomic mass is 10.3. The third kappa shape index (κ3) is 3.50. The number of hydrogen-bond donors (Lipinski definition) is 3. The number of nitrogens with one attached hydrogen (secondary N) is 2. The molecule has 3 N–H and O–H groups in total. The maximum absolute atomic E-state index is 12.0. The van der Waals surface area contributed by atoms with Crippen molar-refractivity contribution >= 4 is 29.2 Å². The highest BCUT2D eigenvalue weighted by atomic mass is 16.5. The van der Waals surface area contributed by atoms with E-state index in [-0.39, 0.29) is 18.2 Å². The van der Waals surface area contributed by atoms with Crippen LogP contribution in [0, 0.1) is 0 Å². The van der Waals surface area contributed by atoms with E-state index in [4.69, 9.17) is 4.74 Å². The number of aromatic carboxylic acids is 1. The van der Waals surface area contributed by atoms with E-state index >= 15 is 0 Å². The summed E-state index contributed by atoms with van der Waals surface area (Å²) in [5.41, 5.74) is 0.611. The molecule has 9 nitrogen and oxygen atoms in total. The van der Waals surface area contributed by atoms with Crippen LogP contribution in [0.2, 0.25) is 0 Å². The Labute approximate surface area is 142 Å². The van der Waals surface area contributed by atoms with Crippen LogP contribution in [0.4, 0.5) is 11.6 Å². The van der Waals surface area contributed by atoms with Crippen molar-refractivity contribution in [2.24, 2.45) is 0 Å². The molecule has 25 heavy (non-hydrogen) atoms. The molecule has 0 saturated carbocycles. The molecule has 0 atom stereocenters. The van der Waals surface area contributed by atoms with Crippen LogP contribution in [0.1, 0.15) is 10.5 Å². The van der Waals surface area contributed by atoms with Gasteiger partial charge in [-0.05, 0) is 24.3 Å². The minimum atomic E-state index is -1.16. The first kappa shape index (κ1) is 16.2. The third-order valence-electron chi connectivity index (χ3n) is 3.33. The molecule has 0 spiro atoms. The second-order valence-electron chi connectivity index (χ2n) is 5.01. The molecule has 0 unspecified atom stereocenters. The normalized spacial score (nSPS) is 10.4. The number of anilines is 2. The predicted octanol–water partition coefficient (Wildman–Crippen LogP) is 1.49. The SMILES string of the molecule is CNc1ccc2nc(NC(=O)COc3ccccc3)nn2c1C(=O)O. The molecule has 0 saturated heterocycles. The molecule has 0 aliphatic carbocycles. The zero-order valence-corrected chi connectivity index (χ0v) is 13.3. The van der Waals surface area contributed by atoms with Crippen molar-refractivity contribution < 1.29 is 19.4 Å². The van der Waals surface area contributed by atoms with Crippen molar-refractivity contribution in [2.45, 2.75) is 0 Å². The van der Waals surface area contributed by atoms with Gasteiger partial charge in [-0.3, -0.25) is 10.1 Å². The Bertz CT molecular complexity index is 923. The molecule has 0 fully saturated rings. The smallest absolute Gasteiger partial charge is 0.356 e. The Hall–Kier alpha value is -3.62. The molecule has 3 rings (SSSR count). The highest BCUT2D eigenvalue weighted by Gasteiger charge is 2.18. The Morgan fingerprint density at radius 2 is 1.96 bits per heavy atom. The summed E-state index contributed by atoms with van der Waals surface area (Å²) in [6, 6.07) is 12.1. The van der Waals surface area contributed by atoms with Gasteiger partial charge in [0.2, 0.25) is 5.95 Å². The number of carbonyl (C=O) groups is 2. The number of para-hydroxylation sites is 1. The van der Waals surface area contributed by atoms with Gasteiger partial charge < -0.3 is 15.2 Å². The number of pyridine rings is 1. The molecule has 0 bridgehead atoms. The topological polar surface area (TPSA) is 118 Å². The lowest BCUT2D eigenvalue weighted by Crippen LogP contribution is -2.21. The van der Waals surface area contributed by atoms with Crippen LogP contribution in [0.25, 0.3) is 5.65 Å². The average molecular weight is 341 g/mol. The molecule has 2 heterocycles. The van der Waals surface area contributed by atoms with Crippen LogP contribution in [0.15, 0.2) is 42.5 Å². The number of amides is 1. The molecule has 2 aromatic heterocycles. The first-order valence-electron chi connectivity index (χ1n) is 7.37. The van der Waals surface area contributed by atoms with Gasteiger partial charge in [0, 0.05) is 7.05 Å². The summed E-state index contributed by atoms with van der Waals surface area (Å²) < 4.78 is 6.49. The van der Waals surface area contributed by atoms with E-state index in [1.165, 1.54) is 0 Å². The van der Waals surface area contributed by atoms with Crippen molar-refractivity contribution in [3.63, 3.8) is 0 Å². The van der Waals surface area contributed by atoms with Crippen molar-refractivity contribution in [1.29, 1.82) is 0 Å². The Kier molecular flexibility index (Phi) is 4.46. The van der Waals surface area contributed by atoms with Gasteiger partial charge in [-0.2, -0.15) is 4.98 Å². The van der Waals surface area contributed by atoms with Crippen LogP contribution in [0.5, 0.6) is 5.75 Å². The number of carboxylic acids is 1. The summed E-state index contributed by atoms with van der Waals surface area (Å²) in [7, 11) is 1.61. The van der Waals surface area contributed by atoms with Gasteiger partial charge in [-0.1, -0.05) is 18.2 Å². The average Bonchev–Trinajstić information content (AvgIpc) is 3.01. The lowest BCUT2D eigenvalue weighted by molar-refractivity contribution is -0.118. The molecule has 0 aliphatic rings. The monoisotopic (exact) mass is 341 g/mol. The van der Waals surface area contributed by atoms with Gasteiger partial charge in [-0.25, -0.2) is 9.31 Å². The zero-order chi connectivity index (χ0) is 17.8. The largest absolute Gasteiger partial charge is 0.484 e. The van der Waals surface area contributed by atoms with Gasteiger partial charge in [-0.15, -0.1) is 5.10 Å². The zero-order valence-electron chi connectivity index (χ0n) is 13.3. The van der Waals surface area contributed by atoms with Gasteiger partial charge in [0.25, 0.3) is 5.91 Å². The number of nitrogens with zero attached hydrogens (tertiary/aromatic N) is 3. The molecule has 128 valence electrons. The van der Waals surface area contributed by atoms with Gasteiger partial charge >= 0.3 is 5.97 Å². The summed E-state index contributed by atoms with van der Waals surface area (Å²) >= 11 is 0. The van der Waals surface area contributed by atoms with Crippen LogP contribution in [0.3, 0.4) is 0 Å². The van der Waals surface area contributed by atoms with Crippen molar-refractivity contribution in [3.8, 4) is 5.75 Å². The summed E-state index contributed by atoms with van der Waals surface area (Å²) in [4.78, 5) is 27.5. The summed E-state index contributed by atoms with van der Waals surface area (Å²) in [5.74, 6) is -1.06. The fraction of sp³-hybridized carbons (Fsp3) is 0.125. The van der Waals surface area contributed by atoms with E-state index in [9.17, 15) is 14.7 Å². The first-order chi connectivity index (χ1) is 12.1. The van der Waals surface area contributed by atoms with E-state index in [2.05, 4.69) is 20.7 Å². The molecular weight excluding hydrogens is 326 g/mol. The predicted molar refractivity (Wildman–Crippen MR) is 90.1 cm³/mol. The second-order valence-corrected chi connectivity index (χ2v) is 5.01. The van der Waals surface area contributed by atoms with Gasteiger partial charge in [0.15, 0.2) is 17.9 Å². The summed E-state index contributed by atoms with van der Waals surface area (Å²) in [6.07, 6.45) is 0. The standard InChI is InChI=1S/C16H15N5O4/c1-17-11-7-8-12-18-16(20-21(12)14(11)15(23)24)19-13(22)9-25-10-5-3-2-4-6-10/h2-8,17H,9H2,1H3,(H,23,24)(H,19,20,22). The summed E-state index contributed by atoms with van der Waals surface area (Å²) in [5, 5.41) is 18.7. The Morgan fingerprint density at radius 1 is 1.20 bits per heavy atom. The number of carboxylic acid groups (broad SMARTS) is 1. The molecule has 9 heteroatoms. The number of ether oxygens (including phenoxy) is 1. The fourth-order valence-corrected chi connectivity index (χ4v) is 2.23. The molecule has 1 aromatic carbocycles. The van der Waals surface area contributed by atoms with Crippen LogP contribution in [-0.4, -0.2) is 45.2 Å². The molecule has 0 aliphatic heterocycles. The first-order valence-corrected chi connectivity index (χ1v) is 7.37. The van der Waals surface area contributed by atoms with E-state index in [1.807, 2.05) is 6.07 Å². The van der Waals surface area contributed by atoms with Crippen molar-refractivity contribution in [3.05, 3.63) is 48.2 Å². The molecule has 3 aromatic rings. The van der Waals surface area contributed by atoms with Gasteiger partial charge in [0.1, 0.15) is 5.75 Å². The number of benzene rings is 1. The number of fused-ring (bicyclic) bond motifs is 1. The van der Waals surface area contributed by atoms with E-state index in [1.54, 1.807) is 43.4 Å². The number of carbonyl (C=O) groups excluding carboxylic acids is 1. The van der Waals surface area contributed by atoms with Crippen molar-refractivity contribution in [2.75, 3.05) is 24.3 Å². The Morgan fingerprint density at radius 3 is 2.64 bits per heavy atom.